The Balaban J connectivity index is 1.52. The molecule has 3 aliphatic heterocycles. The lowest BCUT2D eigenvalue weighted by molar-refractivity contribution is -0.130. The van der Waals surface area contributed by atoms with Crippen LogP contribution in [0.1, 0.15) is 28.8 Å². The fraction of sp³-hybridized carbons (Fsp3) is 0.500. The normalized spacial score (nSPS) is 23.8. The van der Waals surface area contributed by atoms with E-state index >= 15 is 0 Å². The molecule has 3 aliphatic rings. The van der Waals surface area contributed by atoms with E-state index in [9.17, 15) is 9.59 Å². The van der Waals surface area contributed by atoms with Crippen LogP contribution in [0.2, 0.25) is 0 Å². The first kappa shape index (κ1) is 12.7. The molecule has 1 N–H and O–H groups in total. The van der Waals surface area contributed by atoms with Crippen molar-refractivity contribution >= 4 is 17.5 Å². The number of nitrogens with one attached hydrogen (secondary N) is 1. The van der Waals surface area contributed by atoms with E-state index in [1.54, 1.807) is 0 Å². The second-order valence-electron chi connectivity index (χ2n) is 6.08. The van der Waals surface area contributed by atoms with Crippen LogP contribution in [-0.4, -0.2) is 53.8 Å². The van der Waals surface area contributed by atoms with E-state index in [4.69, 9.17) is 0 Å². The third-order valence-corrected chi connectivity index (χ3v) is 4.84. The number of amides is 2. The van der Waals surface area contributed by atoms with E-state index in [1.165, 1.54) is 5.56 Å². The molecule has 1 unspecified atom stereocenters. The molecule has 1 atom stereocenters. The lowest BCUT2D eigenvalue weighted by Crippen LogP contribution is -2.53. The Morgan fingerprint density at radius 3 is 3.05 bits per heavy atom. The highest BCUT2D eigenvalue weighted by molar-refractivity contribution is 5.95. The summed E-state index contributed by atoms with van der Waals surface area (Å²) in [6, 6.07) is 6.16. The van der Waals surface area contributed by atoms with E-state index in [0.29, 0.717) is 26.1 Å². The summed E-state index contributed by atoms with van der Waals surface area (Å²) in [4.78, 5) is 28.2. The van der Waals surface area contributed by atoms with Gasteiger partial charge in [-0.05, 0) is 36.6 Å². The average molecular weight is 285 g/mol. The third-order valence-electron chi connectivity index (χ3n) is 4.84. The van der Waals surface area contributed by atoms with Crippen LogP contribution < -0.4 is 5.32 Å². The van der Waals surface area contributed by atoms with Crippen molar-refractivity contribution in [3.05, 3.63) is 29.3 Å². The van der Waals surface area contributed by atoms with Gasteiger partial charge in [0.1, 0.15) is 0 Å². The lowest BCUT2D eigenvalue weighted by Gasteiger charge is -2.37. The predicted octanol–water partition coefficient (Wildman–Crippen LogP) is 1.10. The first-order chi connectivity index (χ1) is 10.2. The molecule has 0 saturated carbocycles. The summed E-state index contributed by atoms with van der Waals surface area (Å²) in [5.74, 6) is 0.347. The molecule has 4 rings (SSSR count). The van der Waals surface area contributed by atoms with Crippen molar-refractivity contribution in [3.63, 3.8) is 0 Å². The topological polar surface area (TPSA) is 52.7 Å². The second-order valence-corrected chi connectivity index (χ2v) is 6.08. The number of rotatable bonds is 1. The Hall–Kier alpha value is -2.04. The van der Waals surface area contributed by atoms with Gasteiger partial charge in [-0.2, -0.15) is 0 Å². The molecule has 0 aromatic heterocycles. The number of carbonyl (C=O) groups excluding carboxylic acids is 2. The van der Waals surface area contributed by atoms with E-state index in [1.807, 2.05) is 28.0 Å². The van der Waals surface area contributed by atoms with Gasteiger partial charge >= 0.3 is 0 Å². The maximum Gasteiger partial charge on any atom is 0.253 e. The van der Waals surface area contributed by atoms with Crippen molar-refractivity contribution in [2.75, 3.05) is 31.5 Å². The van der Waals surface area contributed by atoms with Crippen LogP contribution in [0.5, 0.6) is 0 Å². The molecule has 0 radical (unpaired) electrons. The predicted molar refractivity (Wildman–Crippen MR) is 79.3 cm³/mol. The summed E-state index contributed by atoms with van der Waals surface area (Å²) in [6.45, 7) is 2.97. The number of benzene rings is 1. The first-order valence-corrected chi connectivity index (χ1v) is 7.68. The molecular formula is C16H19N3O2. The van der Waals surface area contributed by atoms with Crippen LogP contribution in [0, 0.1) is 0 Å². The molecule has 3 heterocycles. The number of piperazine rings is 1. The van der Waals surface area contributed by atoms with Crippen LogP contribution in [0.15, 0.2) is 18.2 Å². The van der Waals surface area contributed by atoms with Crippen LogP contribution >= 0.6 is 0 Å². The van der Waals surface area contributed by atoms with Crippen molar-refractivity contribution in [2.45, 2.75) is 25.3 Å². The van der Waals surface area contributed by atoms with Gasteiger partial charge in [0.25, 0.3) is 5.91 Å². The lowest BCUT2D eigenvalue weighted by atomic mass is 10.1. The van der Waals surface area contributed by atoms with Gasteiger partial charge in [0.15, 0.2) is 0 Å². The van der Waals surface area contributed by atoms with Gasteiger partial charge in [0.05, 0.1) is 0 Å². The van der Waals surface area contributed by atoms with Crippen molar-refractivity contribution in [1.29, 1.82) is 0 Å². The zero-order chi connectivity index (χ0) is 14.4. The summed E-state index contributed by atoms with van der Waals surface area (Å²) in [6.07, 6.45) is 2.51. The molecule has 1 aromatic rings. The minimum Gasteiger partial charge on any atom is -0.384 e. The standard InChI is InChI=1S/C16H19N3O2/c20-15-4-2-13-10-18(7-8-19(13)15)16(21)12-1-3-14-11(9-12)5-6-17-14/h1,3,9,13,17H,2,4-8,10H2. The molecule has 5 heteroatoms. The van der Waals surface area contributed by atoms with Gasteiger partial charge in [-0.3, -0.25) is 9.59 Å². The van der Waals surface area contributed by atoms with Gasteiger partial charge in [0, 0.05) is 49.9 Å². The molecule has 21 heavy (non-hydrogen) atoms. The Morgan fingerprint density at radius 1 is 1.24 bits per heavy atom. The van der Waals surface area contributed by atoms with Crippen LogP contribution in [0.25, 0.3) is 0 Å². The Kier molecular flexibility index (Phi) is 2.87. The molecule has 110 valence electrons. The fourth-order valence-electron chi connectivity index (χ4n) is 3.67. The van der Waals surface area contributed by atoms with E-state index in [0.717, 1.165) is 30.6 Å². The van der Waals surface area contributed by atoms with E-state index < -0.39 is 0 Å². The highest BCUT2D eigenvalue weighted by Gasteiger charge is 2.37. The largest absolute Gasteiger partial charge is 0.384 e. The molecule has 2 saturated heterocycles. The maximum absolute atomic E-state index is 12.7. The third kappa shape index (κ3) is 2.07. The fourth-order valence-corrected chi connectivity index (χ4v) is 3.67. The Bertz CT molecular complexity index is 614. The minimum absolute atomic E-state index is 0.101. The quantitative estimate of drug-likeness (QED) is 0.840. The highest BCUT2D eigenvalue weighted by Crippen LogP contribution is 2.26. The maximum atomic E-state index is 12.7. The number of nitrogens with zero attached hydrogens (tertiary/aromatic N) is 2. The molecule has 5 nitrogen and oxygen atoms in total. The number of fused-ring (bicyclic) bond motifs is 2. The summed E-state index contributed by atoms with van der Waals surface area (Å²) in [5, 5.41) is 3.31. The SMILES string of the molecule is O=C(c1ccc2c(c1)CCN2)N1CCN2C(=O)CCC2C1. The molecular weight excluding hydrogens is 266 g/mol. The number of hydrogen-bond donors (Lipinski definition) is 1. The summed E-state index contributed by atoms with van der Waals surface area (Å²) in [7, 11) is 0. The number of anilines is 1. The first-order valence-electron chi connectivity index (χ1n) is 7.68. The van der Waals surface area contributed by atoms with Crippen molar-refractivity contribution < 1.29 is 9.59 Å². The second kappa shape index (κ2) is 4.76. The Morgan fingerprint density at radius 2 is 2.14 bits per heavy atom. The monoisotopic (exact) mass is 285 g/mol. The molecule has 2 amide bonds. The Labute approximate surface area is 123 Å². The van der Waals surface area contributed by atoms with Crippen molar-refractivity contribution in [3.8, 4) is 0 Å². The van der Waals surface area contributed by atoms with E-state index in [2.05, 4.69) is 5.32 Å². The number of carbonyl (C=O) groups is 2. The zero-order valence-corrected chi connectivity index (χ0v) is 12.0. The zero-order valence-electron chi connectivity index (χ0n) is 12.0. The van der Waals surface area contributed by atoms with E-state index in [-0.39, 0.29) is 17.9 Å². The minimum atomic E-state index is 0.101. The van der Waals surface area contributed by atoms with Crippen molar-refractivity contribution in [2.24, 2.45) is 0 Å². The molecule has 0 bridgehead atoms. The number of hydrogen-bond acceptors (Lipinski definition) is 3. The summed E-state index contributed by atoms with van der Waals surface area (Å²) >= 11 is 0. The smallest absolute Gasteiger partial charge is 0.253 e. The summed E-state index contributed by atoms with van der Waals surface area (Å²) < 4.78 is 0. The van der Waals surface area contributed by atoms with Gasteiger partial charge in [-0.15, -0.1) is 0 Å². The molecule has 0 aliphatic carbocycles. The van der Waals surface area contributed by atoms with Crippen molar-refractivity contribution in [1.82, 2.24) is 9.80 Å². The average Bonchev–Trinajstić information content (AvgIpc) is 3.12. The van der Waals surface area contributed by atoms with Gasteiger partial charge in [0.2, 0.25) is 5.91 Å². The van der Waals surface area contributed by atoms with Crippen LogP contribution in [0.4, 0.5) is 5.69 Å². The van der Waals surface area contributed by atoms with Gasteiger partial charge < -0.3 is 15.1 Å². The van der Waals surface area contributed by atoms with Gasteiger partial charge in [-0.25, -0.2) is 0 Å². The van der Waals surface area contributed by atoms with Crippen LogP contribution in [0.3, 0.4) is 0 Å². The molecule has 2 fully saturated rings. The highest BCUT2D eigenvalue weighted by atomic mass is 16.2. The van der Waals surface area contributed by atoms with Crippen LogP contribution in [-0.2, 0) is 11.2 Å². The van der Waals surface area contributed by atoms with Gasteiger partial charge in [-0.1, -0.05) is 0 Å². The molecule has 0 spiro atoms. The summed E-state index contributed by atoms with van der Waals surface area (Å²) in [5.41, 5.74) is 3.16. The molecule has 1 aromatic carbocycles.